The molecule has 0 bridgehead atoms. The summed E-state index contributed by atoms with van der Waals surface area (Å²) in [4.78, 5) is 6.55. The predicted molar refractivity (Wildman–Crippen MR) is 101 cm³/mol. The first-order valence-electron chi connectivity index (χ1n) is 8.86. The van der Waals surface area contributed by atoms with Gasteiger partial charge in [0.15, 0.2) is 5.11 Å². The highest BCUT2D eigenvalue weighted by Gasteiger charge is 2.17. The molecule has 2 rings (SSSR count). The molecule has 4 heteroatoms. The van der Waals surface area contributed by atoms with Gasteiger partial charge in [0.2, 0.25) is 0 Å². The topological polar surface area (TPSA) is 28.2 Å². The van der Waals surface area contributed by atoms with Crippen LogP contribution >= 0.6 is 12.2 Å². The smallest absolute Gasteiger partial charge is 0.169 e. The first-order chi connectivity index (χ1) is 11.3. The number of unbranched alkanes of at least 4 members (excludes halogenated alkanes) is 2. The lowest BCUT2D eigenvalue weighted by molar-refractivity contribution is 0.312. The minimum Gasteiger partial charge on any atom is -0.363 e. The maximum atomic E-state index is 5.67. The largest absolute Gasteiger partial charge is 0.363 e. The normalized spacial score (nSPS) is 17.0. The van der Waals surface area contributed by atoms with Crippen LogP contribution in [0.25, 0.3) is 0 Å². The Morgan fingerprint density at radius 1 is 1.39 bits per heavy atom. The molecule has 0 amide bonds. The molecule has 1 aromatic rings. The van der Waals surface area contributed by atoms with Crippen molar-refractivity contribution < 1.29 is 0 Å². The summed E-state index contributed by atoms with van der Waals surface area (Å²) in [5.74, 6) is 0.701. The van der Waals surface area contributed by atoms with Crippen molar-refractivity contribution in [2.45, 2.75) is 52.0 Å². The highest BCUT2D eigenvalue weighted by Crippen LogP contribution is 2.20. The maximum absolute atomic E-state index is 5.67. The van der Waals surface area contributed by atoms with Gasteiger partial charge in [0.05, 0.1) is 0 Å². The molecule has 0 aliphatic heterocycles. The van der Waals surface area contributed by atoms with Crippen molar-refractivity contribution in [2.75, 3.05) is 13.1 Å². The van der Waals surface area contributed by atoms with Crippen molar-refractivity contribution >= 4 is 17.3 Å². The van der Waals surface area contributed by atoms with Crippen LogP contribution in [0.1, 0.15) is 51.0 Å². The van der Waals surface area contributed by atoms with Crippen LogP contribution in [-0.4, -0.2) is 28.1 Å². The summed E-state index contributed by atoms with van der Waals surface area (Å²) in [6, 6.07) is 4.12. The summed E-state index contributed by atoms with van der Waals surface area (Å²) in [7, 11) is 0. The van der Waals surface area contributed by atoms with Gasteiger partial charge in [0.1, 0.15) is 0 Å². The van der Waals surface area contributed by atoms with E-state index >= 15 is 0 Å². The van der Waals surface area contributed by atoms with Gasteiger partial charge < -0.3 is 10.2 Å². The summed E-state index contributed by atoms with van der Waals surface area (Å²) in [6.45, 7) is 5.07. The average Bonchev–Trinajstić information content (AvgIpc) is 2.60. The van der Waals surface area contributed by atoms with E-state index in [0.717, 1.165) is 24.7 Å². The van der Waals surface area contributed by atoms with Crippen LogP contribution in [0.4, 0.5) is 0 Å². The van der Waals surface area contributed by atoms with Gasteiger partial charge in [-0.25, -0.2) is 0 Å². The van der Waals surface area contributed by atoms with Gasteiger partial charge in [-0.3, -0.25) is 4.98 Å². The van der Waals surface area contributed by atoms with Crippen molar-refractivity contribution in [3.05, 3.63) is 42.2 Å². The van der Waals surface area contributed by atoms with Gasteiger partial charge in [-0.15, -0.1) is 0 Å². The van der Waals surface area contributed by atoms with Gasteiger partial charge >= 0.3 is 0 Å². The molecule has 0 fully saturated rings. The van der Waals surface area contributed by atoms with E-state index in [9.17, 15) is 0 Å². The van der Waals surface area contributed by atoms with Crippen molar-refractivity contribution in [3.63, 3.8) is 0 Å². The zero-order valence-electron chi connectivity index (χ0n) is 14.2. The number of allylic oxidation sites excluding steroid dienone is 2. The van der Waals surface area contributed by atoms with E-state index in [1.165, 1.54) is 44.1 Å². The summed E-state index contributed by atoms with van der Waals surface area (Å²) >= 11 is 5.67. The zero-order valence-corrected chi connectivity index (χ0v) is 15.0. The number of nitrogens with one attached hydrogen (secondary N) is 1. The Kier molecular flexibility index (Phi) is 8.08. The van der Waals surface area contributed by atoms with Crippen molar-refractivity contribution in [3.8, 4) is 0 Å². The van der Waals surface area contributed by atoms with Crippen LogP contribution in [0.5, 0.6) is 0 Å². The SMILES string of the molecule is CCCCCNC(=S)N(Cc1cccnc1)CC1CC=CCC1. The van der Waals surface area contributed by atoms with Gasteiger partial charge in [-0.2, -0.15) is 0 Å². The van der Waals surface area contributed by atoms with Crippen molar-refractivity contribution in [1.29, 1.82) is 0 Å². The number of hydrogen-bond acceptors (Lipinski definition) is 2. The summed E-state index contributed by atoms with van der Waals surface area (Å²) in [6.07, 6.45) is 15.7. The third-order valence-corrected chi connectivity index (χ3v) is 4.70. The van der Waals surface area contributed by atoms with Gasteiger partial charge in [-0.1, -0.05) is 38.0 Å². The Balaban J connectivity index is 1.92. The highest BCUT2D eigenvalue weighted by molar-refractivity contribution is 7.80. The third-order valence-electron chi connectivity index (χ3n) is 4.30. The number of aromatic nitrogens is 1. The lowest BCUT2D eigenvalue weighted by atomic mass is 9.94. The second-order valence-electron chi connectivity index (χ2n) is 6.33. The zero-order chi connectivity index (χ0) is 16.3. The fourth-order valence-corrected chi connectivity index (χ4v) is 3.19. The quantitative estimate of drug-likeness (QED) is 0.437. The Morgan fingerprint density at radius 3 is 3.00 bits per heavy atom. The number of rotatable bonds is 8. The average molecular weight is 332 g/mol. The fraction of sp³-hybridized carbons (Fsp3) is 0.579. The molecule has 0 saturated carbocycles. The van der Waals surface area contributed by atoms with E-state index in [2.05, 4.69) is 40.3 Å². The Hall–Kier alpha value is -1.42. The predicted octanol–water partition coefficient (Wildman–Crippen LogP) is 4.30. The van der Waals surface area contributed by atoms with Crippen LogP contribution in [0.15, 0.2) is 36.7 Å². The second-order valence-corrected chi connectivity index (χ2v) is 6.72. The lowest BCUT2D eigenvalue weighted by Gasteiger charge is -2.30. The highest BCUT2D eigenvalue weighted by atomic mass is 32.1. The summed E-state index contributed by atoms with van der Waals surface area (Å²) < 4.78 is 0. The molecule has 0 aromatic carbocycles. The molecule has 1 atom stereocenters. The molecule has 3 nitrogen and oxygen atoms in total. The Bertz CT molecular complexity index is 487. The number of nitrogens with zero attached hydrogens (tertiary/aromatic N) is 2. The van der Waals surface area contributed by atoms with E-state index in [4.69, 9.17) is 12.2 Å². The minimum absolute atomic E-state index is 0.701. The van der Waals surface area contributed by atoms with E-state index in [1.54, 1.807) is 0 Å². The summed E-state index contributed by atoms with van der Waals surface area (Å²) in [5, 5.41) is 4.33. The molecule has 0 spiro atoms. The van der Waals surface area contributed by atoms with Crippen LogP contribution in [0.3, 0.4) is 0 Å². The molecule has 1 N–H and O–H groups in total. The molecule has 23 heavy (non-hydrogen) atoms. The number of pyridine rings is 1. The van der Waals surface area contributed by atoms with E-state index < -0.39 is 0 Å². The monoisotopic (exact) mass is 331 g/mol. The van der Waals surface area contributed by atoms with Crippen LogP contribution in [0.2, 0.25) is 0 Å². The first-order valence-corrected chi connectivity index (χ1v) is 9.27. The molecule has 1 aliphatic rings. The maximum Gasteiger partial charge on any atom is 0.169 e. The molecular formula is C19H29N3S. The Labute approximate surface area is 146 Å². The molecule has 0 radical (unpaired) electrons. The molecule has 0 saturated heterocycles. The van der Waals surface area contributed by atoms with E-state index in [1.807, 2.05) is 18.5 Å². The van der Waals surface area contributed by atoms with E-state index in [-0.39, 0.29) is 0 Å². The minimum atomic E-state index is 0.701. The summed E-state index contributed by atoms with van der Waals surface area (Å²) in [5.41, 5.74) is 1.22. The molecule has 1 heterocycles. The van der Waals surface area contributed by atoms with Crippen LogP contribution < -0.4 is 5.32 Å². The van der Waals surface area contributed by atoms with Gasteiger partial charge in [0, 0.05) is 32.0 Å². The standard InChI is InChI=1S/C19H29N3S/c1-2-3-7-13-21-19(23)22(15-17-9-5-4-6-10-17)16-18-11-8-12-20-14-18/h4-5,8,11-12,14,17H,2-3,6-7,9-10,13,15-16H2,1H3,(H,21,23). The van der Waals surface area contributed by atoms with Gasteiger partial charge in [0.25, 0.3) is 0 Å². The number of thiocarbonyl (C=S) groups is 1. The Morgan fingerprint density at radius 2 is 2.30 bits per heavy atom. The molecular weight excluding hydrogens is 302 g/mol. The van der Waals surface area contributed by atoms with Crippen molar-refractivity contribution in [2.24, 2.45) is 5.92 Å². The molecule has 1 unspecified atom stereocenters. The van der Waals surface area contributed by atoms with Crippen LogP contribution in [-0.2, 0) is 6.54 Å². The number of hydrogen-bond donors (Lipinski definition) is 1. The fourth-order valence-electron chi connectivity index (χ4n) is 2.95. The van der Waals surface area contributed by atoms with Crippen LogP contribution in [0, 0.1) is 5.92 Å². The molecule has 126 valence electrons. The van der Waals surface area contributed by atoms with Crippen molar-refractivity contribution in [1.82, 2.24) is 15.2 Å². The lowest BCUT2D eigenvalue weighted by Crippen LogP contribution is -2.42. The van der Waals surface area contributed by atoms with E-state index in [0.29, 0.717) is 5.92 Å². The van der Waals surface area contributed by atoms with Gasteiger partial charge in [-0.05, 0) is 55.4 Å². The molecule has 1 aliphatic carbocycles. The second kappa shape index (κ2) is 10.4. The molecule has 1 aromatic heterocycles. The first kappa shape index (κ1) is 17.9. The third kappa shape index (κ3) is 6.69.